The molecule has 0 unspecified atom stereocenters. The molecular weight excluding hydrogens is 386 g/mol. The fraction of sp³-hybridized carbons (Fsp3) is 0.250. The molecule has 3 rings (SSSR count). The maximum absolute atomic E-state index is 13.8. The SMILES string of the molecule is CC(C)[C@@H](NC(=O)c1c(F)cccc1F)C(=O)OCc1nc2ccccc2s1. The average Bonchev–Trinajstić information content (AvgIpc) is 3.06. The zero-order valence-corrected chi connectivity index (χ0v) is 16.1. The van der Waals surface area contributed by atoms with Crippen molar-refractivity contribution in [2.45, 2.75) is 26.5 Å². The van der Waals surface area contributed by atoms with E-state index in [2.05, 4.69) is 10.3 Å². The molecule has 0 saturated carbocycles. The first-order valence-electron chi connectivity index (χ1n) is 8.62. The molecule has 28 heavy (non-hydrogen) atoms. The topological polar surface area (TPSA) is 68.3 Å². The number of aromatic nitrogens is 1. The van der Waals surface area contributed by atoms with Crippen LogP contribution in [0.4, 0.5) is 8.78 Å². The lowest BCUT2D eigenvalue weighted by atomic mass is 10.0. The van der Waals surface area contributed by atoms with Gasteiger partial charge in [0.1, 0.15) is 34.9 Å². The van der Waals surface area contributed by atoms with E-state index in [1.807, 2.05) is 24.3 Å². The molecule has 1 amide bonds. The Hall–Kier alpha value is -2.87. The van der Waals surface area contributed by atoms with Gasteiger partial charge < -0.3 is 10.1 Å². The van der Waals surface area contributed by atoms with Crippen molar-refractivity contribution < 1.29 is 23.1 Å². The lowest BCUT2D eigenvalue weighted by Gasteiger charge is -2.21. The Balaban J connectivity index is 1.69. The van der Waals surface area contributed by atoms with E-state index in [1.165, 1.54) is 11.3 Å². The third kappa shape index (κ3) is 4.33. The molecular formula is C20H18F2N2O3S. The Morgan fingerprint density at radius 3 is 2.43 bits per heavy atom. The summed E-state index contributed by atoms with van der Waals surface area (Å²) >= 11 is 1.40. The minimum absolute atomic E-state index is 0.0503. The monoisotopic (exact) mass is 404 g/mol. The second-order valence-corrected chi connectivity index (χ2v) is 7.59. The molecule has 1 aromatic heterocycles. The van der Waals surface area contributed by atoms with Crippen molar-refractivity contribution in [1.29, 1.82) is 0 Å². The molecule has 0 bridgehead atoms. The second-order valence-electron chi connectivity index (χ2n) is 6.47. The van der Waals surface area contributed by atoms with Crippen LogP contribution in [0.15, 0.2) is 42.5 Å². The zero-order valence-electron chi connectivity index (χ0n) is 15.2. The highest BCUT2D eigenvalue weighted by Gasteiger charge is 2.28. The molecule has 2 aromatic carbocycles. The fourth-order valence-electron chi connectivity index (χ4n) is 2.63. The summed E-state index contributed by atoms with van der Waals surface area (Å²) in [5.74, 6) is -4.04. The van der Waals surface area contributed by atoms with Crippen molar-refractivity contribution in [3.05, 3.63) is 64.7 Å². The van der Waals surface area contributed by atoms with Gasteiger partial charge in [-0.3, -0.25) is 4.79 Å². The number of carbonyl (C=O) groups excluding carboxylic acids is 2. The first-order valence-corrected chi connectivity index (χ1v) is 9.44. The summed E-state index contributed by atoms with van der Waals surface area (Å²) in [7, 11) is 0. The third-order valence-electron chi connectivity index (χ3n) is 4.07. The van der Waals surface area contributed by atoms with Gasteiger partial charge in [0.05, 0.1) is 10.2 Å². The van der Waals surface area contributed by atoms with E-state index in [1.54, 1.807) is 13.8 Å². The van der Waals surface area contributed by atoms with Crippen LogP contribution < -0.4 is 5.32 Å². The second kappa shape index (κ2) is 8.43. The van der Waals surface area contributed by atoms with Crippen molar-refractivity contribution in [2.24, 2.45) is 5.92 Å². The first kappa shape index (κ1) is 19.9. The first-order chi connectivity index (χ1) is 13.4. The molecule has 1 N–H and O–H groups in total. The minimum atomic E-state index is -1.05. The molecule has 0 aliphatic heterocycles. The summed E-state index contributed by atoms with van der Waals surface area (Å²) in [5, 5.41) is 2.98. The van der Waals surface area contributed by atoms with Crippen LogP contribution in [-0.2, 0) is 16.1 Å². The molecule has 8 heteroatoms. The summed E-state index contributed by atoms with van der Waals surface area (Å²) in [6.07, 6.45) is 0. The molecule has 0 aliphatic rings. The molecule has 0 saturated heterocycles. The van der Waals surface area contributed by atoms with Gasteiger partial charge in [-0.2, -0.15) is 0 Å². The number of nitrogens with zero attached hydrogens (tertiary/aromatic N) is 1. The van der Waals surface area contributed by atoms with E-state index in [0.717, 1.165) is 28.4 Å². The van der Waals surface area contributed by atoms with Gasteiger partial charge in [-0.05, 0) is 30.2 Å². The van der Waals surface area contributed by atoms with E-state index in [4.69, 9.17) is 4.74 Å². The van der Waals surface area contributed by atoms with Gasteiger partial charge in [-0.15, -0.1) is 11.3 Å². The Morgan fingerprint density at radius 1 is 1.11 bits per heavy atom. The van der Waals surface area contributed by atoms with Crippen LogP contribution in [-0.4, -0.2) is 22.9 Å². The number of carbonyl (C=O) groups is 2. The smallest absolute Gasteiger partial charge is 0.329 e. The highest BCUT2D eigenvalue weighted by Crippen LogP contribution is 2.22. The van der Waals surface area contributed by atoms with E-state index < -0.39 is 35.1 Å². The predicted octanol–water partition coefficient (Wildman–Crippen LogP) is 4.07. The van der Waals surface area contributed by atoms with Crippen molar-refractivity contribution in [2.75, 3.05) is 0 Å². The normalized spacial score (nSPS) is 12.2. The van der Waals surface area contributed by atoms with Gasteiger partial charge >= 0.3 is 5.97 Å². The molecule has 146 valence electrons. The molecule has 0 radical (unpaired) electrons. The van der Waals surface area contributed by atoms with Gasteiger partial charge in [0.2, 0.25) is 0 Å². The molecule has 0 fully saturated rings. The van der Waals surface area contributed by atoms with Crippen LogP contribution in [0.3, 0.4) is 0 Å². The lowest BCUT2D eigenvalue weighted by Crippen LogP contribution is -2.45. The number of thiazole rings is 1. The summed E-state index contributed by atoms with van der Waals surface area (Å²) in [4.78, 5) is 29.1. The molecule has 5 nitrogen and oxygen atoms in total. The summed E-state index contributed by atoms with van der Waals surface area (Å²) in [5.41, 5.74) is 0.0782. The maximum atomic E-state index is 13.8. The number of fused-ring (bicyclic) bond motifs is 1. The van der Waals surface area contributed by atoms with E-state index >= 15 is 0 Å². The van der Waals surface area contributed by atoms with E-state index in [-0.39, 0.29) is 12.5 Å². The van der Waals surface area contributed by atoms with Crippen LogP contribution in [0.2, 0.25) is 0 Å². The van der Waals surface area contributed by atoms with E-state index in [0.29, 0.717) is 5.01 Å². The van der Waals surface area contributed by atoms with Crippen molar-refractivity contribution >= 4 is 33.4 Å². The Kier molecular flexibility index (Phi) is 5.99. The van der Waals surface area contributed by atoms with Crippen molar-refractivity contribution in [1.82, 2.24) is 10.3 Å². The van der Waals surface area contributed by atoms with Crippen molar-refractivity contribution in [3.63, 3.8) is 0 Å². The number of amides is 1. The number of ether oxygens (including phenoxy) is 1. The zero-order chi connectivity index (χ0) is 20.3. The number of esters is 1. The molecule has 0 spiro atoms. The number of hydrogen-bond donors (Lipinski definition) is 1. The van der Waals surface area contributed by atoms with Gasteiger partial charge in [0, 0.05) is 0 Å². The summed E-state index contributed by atoms with van der Waals surface area (Å²) in [6, 6.07) is 9.60. The number of rotatable bonds is 6. The van der Waals surface area contributed by atoms with Crippen LogP contribution >= 0.6 is 11.3 Å². The number of benzene rings is 2. The molecule has 1 atom stereocenters. The van der Waals surface area contributed by atoms with Gasteiger partial charge in [0.25, 0.3) is 5.91 Å². The fourth-order valence-corrected chi connectivity index (χ4v) is 3.51. The number of nitrogens with one attached hydrogen (secondary N) is 1. The highest BCUT2D eigenvalue weighted by atomic mass is 32.1. The minimum Gasteiger partial charge on any atom is -0.457 e. The molecule has 1 heterocycles. The van der Waals surface area contributed by atoms with Gasteiger partial charge in [-0.1, -0.05) is 32.0 Å². The number of hydrogen-bond acceptors (Lipinski definition) is 5. The Labute approximate surface area is 164 Å². The van der Waals surface area contributed by atoms with Gasteiger partial charge in [0.15, 0.2) is 0 Å². The molecule has 3 aromatic rings. The molecule has 0 aliphatic carbocycles. The van der Waals surface area contributed by atoms with Crippen LogP contribution in [0, 0.1) is 17.6 Å². The highest BCUT2D eigenvalue weighted by molar-refractivity contribution is 7.18. The van der Waals surface area contributed by atoms with Crippen LogP contribution in [0.1, 0.15) is 29.2 Å². The quantitative estimate of drug-likeness (QED) is 0.629. The van der Waals surface area contributed by atoms with Crippen molar-refractivity contribution in [3.8, 4) is 0 Å². The number of para-hydroxylation sites is 1. The predicted molar refractivity (Wildman–Crippen MR) is 102 cm³/mol. The average molecular weight is 404 g/mol. The largest absolute Gasteiger partial charge is 0.457 e. The summed E-state index contributed by atoms with van der Waals surface area (Å²) < 4.78 is 33.9. The Bertz CT molecular complexity index is 966. The third-order valence-corrected chi connectivity index (χ3v) is 5.08. The standard InChI is InChI=1S/C20H18F2N2O3S/c1-11(2)18(24-19(25)17-12(21)6-5-7-13(17)22)20(26)27-10-16-23-14-8-3-4-9-15(14)28-16/h3-9,11,18H,10H2,1-2H3,(H,24,25)/t18-/m1/s1. The summed E-state index contributed by atoms with van der Waals surface area (Å²) in [6.45, 7) is 3.34. The Morgan fingerprint density at radius 2 is 1.79 bits per heavy atom. The lowest BCUT2D eigenvalue weighted by molar-refractivity contribution is -0.148. The van der Waals surface area contributed by atoms with Gasteiger partial charge in [-0.25, -0.2) is 18.6 Å². The van der Waals surface area contributed by atoms with Crippen LogP contribution in [0.5, 0.6) is 0 Å². The number of halogens is 2. The van der Waals surface area contributed by atoms with E-state index in [9.17, 15) is 18.4 Å². The maximum Gasteiger partial charge on any atom is 0.329 e. The van der Waals surface area contributed by atoms with Crippen LogP contribution in [0.25, 0.3) is 10.2 Å².